The molecule has 0 bridgehead atoms. The van der Waals surface area contributed by atoms with Crippen molar-refractivity contribution in [3.8, 4) is 0 Å². The van der Waals surface area contributed by atoms with E-state index in [9.17, 15) is 9.59 Å². The fourth-order valence-corrected chi connectivity index (χ4v) is 1.76. The lowest BCUT2D eigenvalue weighted by molar-refractivity contribution is -0.126. The fraction of sp³-hybridized carbons (Fsp3) is 0.214. The third-order valence-corrected chi connectivity index (χ3v) is 2.88. The van der Waals surface area contributed by atoms with Crippen molar-refractivity contribution in [2.24, 2.45) is 0 Å². The summed E-state index contributed by atoms with van der Waals surface area (Å²) in [6.45, 7) is 0.143. The lowest BCUT2D eigenvalue weighted by Crippen LogP contribution is -2.28. The number of nitrogens with one attached hydrogen (secondary N) is 1. The van der Waals surface area contributed by atoms with Gasteiger partial charge in [0.05, 0.1) is 17.6 Å². The van der Waals surface area contributed by atoms with E-state index >= 15 is 0 Å². The second kappa shape index (κ2) is 5.56. The number of carboxylic acids is 1. The predicted molar refractivity (Wildman–Crippen MR) is 75.9 cm³/mol. The highest BCUT2D eigenvalue weighted by Gasteiger charge is 2.09. The highest BCUT2D eigenvalue weighted by Crippen LogP contribution is 2.19. The third-order valence-electron chi connectivity index (χ3n) is 2.88. The van der Waals surface area contributed by atoms with Crippen molar-refractivity contribution in [1.82, 2.24) is 9.88 Å². The first-order chi connectivity index (χ1) is 9.49. The molecule has 2 rings (SSSR count). The third kappa shape index (κ3) is 2.85. The van der Waals surface area contributed by atoms with Crippen molar-refractivity contribution in [3.05, 3.63) is 35.9 Å². The number of benzene rings is 1. The van der Waals surface area contributed by atoms with Crippen LogP contribution in [0.1, 0.15) is 10.4 Å². The van der Waals surface area contributed by atoms with Gasteiger partial charge in [-0.3, -0.25) is 4.79 Å². The average Bonchev–Trinajstić information content (AvgIpc) is 2.43. The molecule has 0 spiro atoms. The second-order valence-electron chi connectivity index (χ2n) is 4.52. The van der Waals surface area contributed by atoms with Crippen LogP contribution in [0.25, 0.3) is 10.9 Å². The molecule has 0 aliphatic carbocycles. The van der Waals surface area contributed by atoms with Gasteiger partial charge in [0.15, 0.2) is 0 Å². The molecule has 1 heterocycles. The van der Waals surface area contributed by atoms with Crippen molar-refractivity contribution in [2.45, 2.75) is 0 Å². The molecule has 6 nitrogen and oxygen atoms in total. The van der Waals surface area contributed by atoms with Crippen molar-refractivity contribution in [1.29, 1.82) is 0 Å². The van der Waals surface area contributed by atoms with E-state index in [4.69, 9.17) is 5.11 Å². The highest BCUT2D eigenvalue weighted by molar-refractivity contribution is 6.02. The minimum atomic E-state index is -0.985. The number of anilines is 1. The highest BCUT2D eigenvalue weighted by atomic mass is 16.4. The first kappa shape index (κ1) is 13.8. The number of carbonyl (C=O) groups is 2. The fourth-order valence-electron chi connectivity index (χ4n) is 1.76. The maximum atomic E-state index is 11.5. The number of aromatic carboxylic acids is 1. The maximum Gasteiger partial charge on any atom is 0.336 e. The number of pyridine rings is 1. The standard InChI is InChI=1S/C14H15N3O3/c1-17(2)13(18)8-15-12-7-6-9-10(14(19)20)4-3-5-11(9)16-12/h3-7H,8H2,1-2H3,(H,15,16)(H,19,20). The molecule has 2 aromatic rings. The number of fused-ring (bicyclic) bond motifs is 1. The quantitative estimate of drug-likeness (QED) is 0.880. The molecule has 1 aromatic carbocycles. The Hall–Kier alpha value is -2.63. The van der Waals surface area contributed by atoms with Crippen LogP contribution in [-0.2, 0) is 4.79 Å². The Morgan fingerprint density at radius 1 is 1.25 bits per heavy atom. The zero-order chi connectivity index (χ0) is 14.7. The van der Waals surface area contributed by atoms with Gasteiger partial charge in [-0.05, 0) is 24.3 Å². The van der Waals surface area contributed by atoms with Gasteiger partial charge in [0.2, 0.25) is 5.91 Å². The maximum absolute atomic E-state index is 11.5. The van der Waals surface area contributed by atoms with E-state index in [1.807, 2.05) is 0 Å². The monoisotopic (exact) mass is 273 g/mol. The first-order valence-electron chi connectivity index (χ1n) is 6.06. The predicted octanol–water partition coefficient (Wildman–Crippen LogP) is 1.43. The number of rotatable bonds is 4. The molecule has 0 aliphatic heterocycles. The lowest BCUT2D eigenvalue weighted by Gasteiger charge is -2.11. The van der Waals surface area contributed by atoms with Crippen LogP contribution < -0.4 is 5.32 Å². The molecule has 6 heteroatoms. The molecule has 20 heavy (non-hydrogen) atoms. The van der Waals surface area contributed by atoms with Crippen LogP contribution in [-0.4, -0.2) is 47.5 Å². The van der Waals surface area contributed by atoms with E-state index in [2.05, 4.69) is 10.3 Å². The normalized spacial score (nSPS) is 10.3. The van der Waals surface area contributed by atoms with Gasteiger partial charge >= 0.3 is 5.97 Å². The molecule has 1 aromatic heterocycles. The van der Waals surface area contributed by atoms with Crippen LogP contribution >= 0.6 is 0 Å². The second-order valence-corrected chi connectivity index (χ2v) is 4.52. The van der Waals surface area contributed by atoms with Crippen LogP contribution in [0.2, 0.25) is 0 Å². The summed E-state index contributed by atoms with van der Waals surface area (Å²) in [6, 6.07) is 8.27. The Morgan fingerprint density at radius 2 is 2.00 bits per heavy atom. The molecule has 0 saturated heterocycles. The molecular formula is C14H15N3O3. The summed E-state index contributed by atoms with van der Waals surface area (Å²) in [6.07, 6.45) is 0. The number of hydrogen-bond acceptors (Lipinski definition) is 4. The number of aromatic nitrogens is 1. The van der Waals surface area contributed by atoms with Gasteiger partial charge < -0.3 is 15.3 Å². The Labute approximate surface area is 116 Å². The minimum absolute atomic E-state index is 0.0637. The van der Waals surface area contributed by atoms with Crippen LogP contribution in [0.5, 0.6) is 0 Å². The molecule has 1 amide bonds. The zero-order valence-corrected chi connectivity index (χ0v) is 11.3. The summed E-state index contributed by atoms with van der Waals surface area (Å²) in [5.74, 6) is -0.512. The molecule has 2 N–H and O–H groups in total. The molecule has 0 atom stereocenters. The summed E-state index contributed by atoms with van der Waals surface area (Å²) < 4.78 is 0. The minimum Gasteiger partial charge on any atom is -0.478 e. The molecule has 0 unspecified atom stereocenters. The largest absolute Gasteiger partial charge is 0.478 e. The summed E-state index contributed by atoms with van der Waals surface area (Å²) in [7, 11) is 3.36. The Morgan fingerprint density at radius 3 is 2.65 bits per heavy atom. The number of likely N-dealkylation sites (N-methyl/N-ethyl adjacent to an activating group) is 1. The van der Waals surface area contributed by atoms with Gasteiger partial charge in [0.1, 0.15) is 5.82 Å². The molecule has 0 radical (unpaired) electrons. The Balaban J connectivity index is 2.26. The van der Waals surface area contributed by atoms with E-state index in [0.717, 1.165) is 0 Å². The van der Waals surface area contributed by atoms with E-state index in [-0.39, 0.29) is 18.0 Å². The topological polar surface area (TPSA) is 82.5 Å². The van der Waals surface area contributed by atoms with Crippen LogP contribution in [0.15, 0.2) is 30.3 Å². The van der Waals surface area contributed by atoms with Crippen molar-refractivity contribution >= 4 is 28.6 Å². The van der Waals surface area contributed by atoms with Gasteiger partial charge in [-0.1, -0.05) is 6.07 Å². The van der Waals surface area contributed by atoms with Crippen LogP contribution in [0.3, 0.4) is 0 Å². The summed E-state index contributed by atoms with van der Waals surface area (Å²) in [5.41, 5.74) is 0.790. The first-order valence-corrected chi connectivity index (χ1v) is 6.06. The molecule has 0 aliphatic rings. The summed E-state index contributed by atoms with van der Waals surface area (Å²) in [4.78, 5) is 28.4. The van der Waals surface area contributed by atoms with Crippen molar-refractivity contribution in [2.75, 3.05) is 26.0 Å². The number of carbonyl (C=O) groups excluding carboxylic acids is 1. The number of nitrogens with zero attached hydrogens (tertiary/aromatic N) is 2. The van der Waals surface area contributed by atoms with Crippen LogP contribution in [0, 0.1) is 0 Å². The van der Waals surface area contributed by atoms with E-state index in [1.165, 1.54) is 11.0 Å². The smallest absolute Gasteiger partial charge is 0.336 e. The molecule has 104 valence electrons. The zero-order valence-electron chi connectivity index (χ0n) is 11.3. The molecular weight excluding hydrogens is 258 g/mol. The van der Waals surface area contributed by atoms with Gasteiger partial charge in [0.25, 0.3) is 0 Å². The number of carboxylic acid groups (broad SMARTS) is 1. The van der Waals surface area contributed by atoms with Gasteiger partial charge in [0, 0.05) is 19.5 Å². The van der Waals surface area contributed by atoms with Gasteiger partial charge in [-0.15, -0.1) is 0 Å². The summed E-state index contributed by atoms with van der Waals surface area (Å²) in [5, 5.41) is 12.6. The summed E-state index contributed by atoms with van der Waals surface area (Å²) >= 11 is 0. The molecule has 0 saturated carbocycles. The number of amides is 1. The lowest BCUT2D eigenvalue weighted by atomic mass is 10.1. The van der Waals surface area contributed by atoms with E-state index in [0.29, 0.717) is 16.7 Å². The Bertz CT molecular complexity index is 668. The van der Waals surface area contributed by atoms with Crippen LogP contribution in [0.4, 0.5) is 5.82 Å². The SMILES string of the molecule is CN(C)C(=O)CNc1ccc2c(C(=O)O)cccc2n1. The van der Waals surface area contributed by atoms with Gasteiger partial charge in [-0.25, -0.2) is 9.78 Å². The van der Waals surface area contributed by atoms with E-state index < -0.39 is 5.97 Å². The van der Waals surface area contributed by atoms with Crippen molar-refractivity contribution < 1.29 is 14.7 Å². The number of hydrogen-bond donors (Lipinski definition) is 2. The van der Waals surface area contributed by atoms with Gasteiger partial charge in [-0.2, -0.15) is 0 Å². The van der Waals surface area contributed by atoms with E-state index in [1.54, 1.807) is 38.4 Å². The Kier molecular flexibility index (Phi) is 3.84. The average molecular weight is 273 g/mol. The molecule has 0 fully saturated rings. The van der Waals surface area contributed by atoms with Crippen molar-refractivity contribution in [3.63, 3.8) is 0 Å².